The number of nitrogens with two attached hydrogens (primary N) is 1. The van der Waals surface area contributed by atoms with Crippen molar-refractivity contribution in [1.29, 1.82) is 0 Å². The Bertz CT molecular complexity index is 511. The van der Waals surface area contributed by atoms with E-state index in [1.807, 2.05) is 4.90 Å². The third-order valence-electron chi connectivity index (χ3n) is 4.96. The van der Waals surface area contributed by atoms with Crippen LogP contribution >= 0.6 is 0 Å². The third kappa shape index (κ3) is 3.68. The lowest BCUT2D eigenvalue weighted by Gasteiger charge is -2.30. The number of carbonyl (C=O) groups excluding carboxylic acids is 1. The van der Waals surface area contributed by atoms with Gasteiger partial charge in [-0.25, -0.2) is 0 Å². The molecule has 2 aliphatic rings. The summed E-state index contributed by atoms with van der Waals surface area (Å²) in [6, 6.07) is 8.68. The normalized spacial score (nSPS) is 23.0. The minimum absolute atomic E-state index is 0.114. The molecule has 2 atom stereocenters. The molecule has 1 aliphatic heterocycles. The van der Waals surface area contributed by atoms with Crippen molar-refractivity contribution in [2.75, 3.05) is 19.6 Å². The maximum atomic E-state index is 12.3. The minimum atomic E-state index is -0.407. The van der Waals surface area contributed by atoms with Crippen LogP contribution < -0.4 is 11.1 Å². The molecule has 1 aromatic carbocycles. The summed E-state index contributed by atoms with van der Waals surface area (Å²) in [7, 11) is 0. The maximum Gasteiger partial charge on any atom is 0.240 e. The van der Waals surface area contributed by atoms with Gasteiger partial charge in [-0.15, -0.1) is 0 Å². The van der Waals surface area contributed by atoms with E-state index in [1.165, 1.54) is 17.5 Å². The molecule has 0 aromatic heterocycles. The number of aryl methyl sites for hydroxylation is 1. The summed E-state index contributed by atoms with van der Waals surface area (Å²) in [6.07, 6.45) is 6.75. The first kappa shape index (κ1) is 15.5. The van der Waals surface area contributed by atoms with Gasteiger partial charge in [-0.3, -0.25) is 4.79 Å². The standard InChI is InChI=1S/C18H27N3O/c19-17(18(22)21-10-4-1-5-11-21)13-20-16-9-8-14-6-2-3-7-15(14)12-16/h2-3,6-7,16-17,20H,1,4-5,8-13,19H2. The molecule has 22 heavy (non-hydrogen) atoms. The zero-order chi connectivity index (χ0) is 15.4. The van der Waals surface area contributed by atoms with Crippen molar-refractivity contribution >= 4 is 5.91 Å². The Morgan fingerprint density at radius 3 is 2.73 bits per heavy atom. The van der Waals surface area contributed by atoms with Gasteiger partial charge in [0.15, 0.2) is 0 Å². The smallest absolute Gasteiger partial charge is 0.240 e. The van der Waals surface area contributed by atoms with Gasteiger partial charge in [0.1, 0.15) is 0 Å². The van der Waals surface area contributed by atoms with Crippen LogP contribution in [0.25, 0.3) is 0 Å². The summed E-state index contributed by atoms with van der Waals surface area (Å²) < 4.78 is 0. The number of carbonyl (C=O) groups is 1. The second kappa shape index (κ2) is 7.25. The Hall–Kier alpha value is -1.39. The quantitative estimate of drug-likeness (QED) is 0.885. The molecule has 0 bridgehead atoms. The number of nitrogens with one attached hydrogen (secondary N) is 1. The van der Waals surface area contributed by atoms with Crippen molar-refractivity contribution in [2.24, 2.45) is 5.73 Å². The van der Waals surface area contributed by atoms with Crippen LogP contribution in [0.15, 0.2) is 24.3 Å². The molecule has 0 spiro atoms. The summed E-state index contributed by atoms with van der Waals surface area (Å²) in [5, 5.41) is 3.51. The predicted molar refractivity (Wildman–Crippen MR) is 88.7 cm³/mol. The average molecular weight is 301 g/mol. The molecule has 2 unspecified atom stereocenters. The topological polar surface area (TPSA) is 58.4 Å². The monoisotopic (exact) mass is 301 g/mol. The first-order chi connectivity index (χ1) is 10.7. The Morgan fingerprint density at radius 2 is 1.95 bits per heavy atom. The molecule has 0 saturated carbocycles. The number of amides is 1. The van der Waals surface area contributed by atoms with Gasteiger partial charge < -0.3 is 16.0 Å². The average Bonchev–Trinajstić information content (AvgIpc) is 2.59. The molecule has 120 valence electrons. The van der Waals surface area contributed by atoms with E-state index in [1.54, 1.807) is 0 Å². The van der Waals surface area contributed by atoms with Gasteiger partial charge in [0.25, 0.3) is 0 Å². The number of benzene rings is 1. The number of likely N-dealkylation sites (tertiary alicyclic amines) is 1. The second-order valence-corrected chi connectivity index (χ2v) is 6.61. The molecule has 3 rings (SSSR count). The Kier molecular flexibility index (Phi) is 5.11. The van der Waals surface area contributed by atoms with Gasteiger partial charge in [-0.05, 0) is 49.7 Å². The van der Waals surface area contributed by atoms with Gasteiger partial charge in [0, 0.05) is 25.7 Å². The molecule has 1 heterocycles. The van der Waals surface area contributed by atoms with E-state index >= 15 is 0 Å². The summed E-state index contributed by atoms with van der Waals surface area (Å²) in [5.74, 6) is 0.114. The molecule has 1 aromatic rings. The minimum Gasteiger partial charge on any atom is -0.341 e. The lowest BCUT2D eigenvalue weighted by molar-refractivity contribution is -0.133. The van der Waals surface area contributed by atoms with Crippen LogP contribution in [0.5, 0.6) is 0 Å². The maximum absolute atomic E-state index is 12.3. The zero-order valence-electron chi connectivity index (χ0n) is 13.3. The fourth-order valence-electron chi connectivity index (χ4n) is 3.60. The van der Waals surface area contributed by atoms with Crippen LogP contribution in [0, 0.1) is 0 Å². The summed E-state index contributed by atoms with van der Waals surface area (Å²) in [6.45, 7) is 2.34. The van der Waals surface area contributed by atoms with Gasteiger partial charge in [0.05, 0.1) is 6.04 Å². The van der Waals surface area contributed by atoms with Gasteiger partial charge in [-0.2, -0.15) is 0 Å². The molecule has 1 aliphatic carbocycles. The highest BCUT2D eigenvalue weighted by Crippen LogP contribution is 2.21. The fraction of sp³-hybridized carbons (Fsp3) is 0.611. The molecular formula is C18H27N3O. The Labute approximate surface area is 133 Å². The van der Waals surface area contributed by atoms with Crippen LogP contribution in [-0.4, -0.2) is 42.5 Å². The van der Waals surface area contributed by atoms with Gasteiger partial charge >= 0.3 is 0 Å². The Balaban J connectivity index is 1.47. The third-order valence-corrected chi connectivity index (χ3v) is 4.96. The largest absolute Gasteiger partial charge is 0.341 e. The van der Waals surface area contributed by atoms with E-state index in [4.69, 9.17) is 5.73 Å². The lowest BCUT2D eigenvalue weighted by atomic mass is 9.88. The first-order valence-electron chi connectivity index (χ1n) is 8.58. The molecule has 4 heteroatoms. The predicted octanol–water partition coefficient (Wildman–Crippen LogP) is 1.47. The van der Waals surface area contributed by atoms with Gasteiger partial charge in [-0.1, -0.05) is 24.3 Å². The van der Waals surface area contributed by atoms with E-state index < -0.39 is 6.04 Å². The number of nitrogens with zero attached hydrogens (tertiary/aromatic N) is 1. The van der Waals surface area contributed by atoms with E-state index in [9.17, 15) is 4.79 Å². The van der Waals surface area contributed by atoms with Gasteiger partial charge in [0.2, 0.25) is 5.91 Å². The second-order valence-electron chi connectivity index (χ2n) is 6.61. The first-order valence-corrected chi connectivity index (χ1v) is 8.58. The molecule has 1 amide bonds. The van der Waals surface area contributed by atoms with Crippen molar-refractivity contribution in [3.63, 3.8) is 0 Å². The van der Waals surface area contributed by atoms with Crippen molar-refractivity contribution in [3.8, 4) is 0 Å². The molecule has 1 fully saturated rings. The van der Waals surface area contributed by atoms with Crippen LogP contribution in [0.3, 0.4) is 0 Å². The van der Waals surface area contributed by atoms with E-state index in [0.717, 1.165) is 45.2 Å². The molecular weight excluding hydrogens is 274 g/mol. The summed E-state index contributed by atoms with van der Waals surface area (Å²) >= 11 is 0. The zero-order valence-corrected chi connectivity index (χ0v) is 13.3. The highest BCUT2D eigenvalue weighted by molar-refractivity contribution is 5.82. The molecule has 4 nitrogen and oxygen atoms in total. The van der Waals surface area contributed by atoms with Crippen LogP contribution in [-0.2, 0) is 17.6 Å². The van der Waals surface area contributed by atoms with Crippen LogP contribution in [0.2, 0.25) is 0 Å². The lowest BCUT2D eigenvalue weighted by Crippen LogP contribution is -2.52. The number of hydrogen-bond acceptors (Lipinski definition) is 3. The van der Waals surface area contributed by atoms with Crippen molar-refractivity contribution in [1.82, 2.24) is 10.2 Å². The summed E-state index contributed by atoms with van der Waals surface area (Å²) in [5.41, 5.74) is 9.01. The van der Waals surface area contributed by atoms with Crippen molar-refractivity contribution in [2.45, 2.75) is 50.6 Å². The van der Waals surface area contributed by atoms with Crippen molar-refractivity contribution < 1.29 is 4.79 Å². The Morgan fingerprint density at radius 1 is 1.23 bits per heavy atom. The number of piperidine rings is 1. The van der Waals surface area contributed by atoms with E-state index in [0.29, 0.717) is 12.6 Å². The highest BCUT2D eigenvalue weighted by atomic mass is 16.2. The number of hydrogen-bond donors (Lipinski definition) is 2. The SMILES string of the molecule is NC(CNC1CCc2ccccc2C1)C(=O)N1CCCCC1. The van der Waals surface area contributed by atoms with Crippen LogP contribution in [0.4, 0.5) is 0 Å². The van der Waals surface area contributed by atoms with Crippen LogP contribution in [0.1, 0.15) is 36.8 Å². The molecule has 3 N–H and O–H groups in total. The van der Waals surface area contributed by atoms with Crippen molar-refractivity contribution in [3.05, 3.63) is 35.4 Å². The molecule has 1 saturated heterocycles. The summed E-state index contributed by atoms with van der Waals surface area (Å²) in [4.78, 5) is 14.3. The van der Waals surface area contributed by atoms with E-state index in [-0.39, 0.29) is 5.91 Å². The van der Waals surface area contributed by atoms with E-state index in [2.05, 4.69) is 29.6 Å². The fourth-order valence-corrected chi connectivity index (χ4v) is 3.60. The molecule has 0 radical (unpaired) electrons. The highest BCUT2D eigenvalue weighted by Gasteiger charge is 2.24. The number of rotatable bonds is 4. The number of fused-ring (bicyclic) bond motifs is 1.